The molecular weight excluding hydrogens is 254 g/mol. The maximum Gasteiger partial charge on any atom is 0.307 e. The molecule has 0 saturated heterocycles. The Hall–Kier alpha value is -1.24. The number of thiophene rings is 1. The van der Waals surface area contributed by atoms with Gasteiger partial charge in [-0.1, -0.05) is 6.07 Å². The molecule has 0 saturated carbocycles. The van der Waals surface area contributed by atoms with Crippen molar-refractivity contribution < 1.29 is 19.4 Å². The van der Waals surface area contributed by atoms with Crippen molar-refractivity contribution in [3.8, 4) is 0 Å². The summed E-state index contributed by atoms with van der Waals surface area (Å²) >= 11 is 1.32. The minimum atomic E-state index is -0.661. The van der Waals surface area contributed by atoms with Gasteiger partial charge in [0.25, 0.3) is 0 Å². The molecule has 0 aliphatic carbocycles. The van der Waals surface area contributed by atoms with Crippen molar-refractivity contribution in [2.24, 2.45) is 0 Å². The average molecular weight is 271 g/mol. The molecule has 0 fully saturated rings. The number of hydrogen-bond donors (Lipinski definition) is 2. The lowest BCUT2D eigenvalue weighted by atomic mass is 10.1. The summed E-state index contributed by atoms with van der Waals surface area (Å²) in [5.74, 6) is -0.612. The minimum Gasteiger partial charge on any atom is -0.469 e. The zero-order valence-electron chi connectivity index (χ0n) is 10.4. The number of hydrogen-bond acceptors (Lipinski definition) is 6. The zero-order valence-corrected chi connectivity index (χ0v) is 11.2. The summed E-state index contributed by atoms with van der Waals surface area (Å²) in [5.41, 5.74) is 0. The Bertz CT molecular complexity index is 389. The van der Waals surface area contributed by atoms with Gasteiger partial charge in [0.1, 0.15) is 0 Å². The van der Waals surface area contributed by atoms with Gasteiger partial charge in [0.15, 0.2) is 5.78 Å². The van der Waals surface area contributed by atoms with Crippen molar-refractivity contribution in [1.82, 2.24) is 5.32 Å². The third-order valence-electron chi connectivity index (χ3n) is 2.34. The van der Waals surface area contributed by atoms with E-state index >= 15 is 0 Å². The molecule has 1 heterocycles. The van der Waals surface area contributed by atoms with Gasteiger partial charge in [-0.3, -0.25) is 9.59 Å². The van der Waals surface area contributed by atoms with Gasteiger partial charge in [0.2, 0.25) is 0 Å². The Morgan fingerprint density at radius 2 is 2.28 bits per heavy atom. The lowest BCUT2D eigenvalue weighted by molar-refractivity contribution is -0.141. The third kappa shape index (κ3) is 4.56. The Morgan fingerprint density at radius 1 is 1.56 bits per heavy atom. The Labute approximate surface area is 110 Å². The molecule has 18 heavy (non-hydrogen) atoms. The topological polar surface area (TPSA) is 75.6 Å². The molecule has 5 nitrogen and oxygen atoms in total. The number of methoxy groups -OCH3 is 1. The average Bonchev–Trinajstić information content (AvgIpc) is 2.86. The Balaban J connectivity index is 2.69. The molecule has 0 aliphatic heterocycles. The predicted molar refractivity (Wildman–Crippen MR) is 68.8 cm³/mol. The van der Waals surface area contributed by atoms with Crippen LogP contribution in [-0.2, 0) is 9.53 Å². The van der Waals surface area contributed by atoms with E-state index in [4.69, 9.17) is 0 Å². The van der Waals surface area contributed by atoms with E-state index in [9.17, 15) is 14.7 Å². The van der Waals surface area contributed by atoms with E-state index in [0.29, 0.717) is 4.88 Å². The lowest BCUT2D eigenvalue weighted by Gasteiger charge is -2.16. The third-order valence-corrected chi connectivity index (χ3v) is 3.22. The number of aliphatic hydroxyl groups is 1. The number of ketones is 1. The number of nitrogens with one attached hydrogen (secondary N) is 1. The maximum absolute atomic E-state index is 12.1. The van der Waals surface area contributed by atoms with Gasteiger partial charge in [-0.2, -0.15) is 0 Å². The van der Waals surface area contributed by atoms with Crippen LogP contribution in [0.5, 0.6) is 0 Å². The highest BCUT2D eigenvalue weighted by molar-refractivity contribution is 7.12. The van der Waals surface area contributed by atoms with Crippen LogP contribution < -0.4 is 5.32 Å². The van der Waals surface area contributed by atoms with Crippen molar-refractivity contribution in [2.75, 3.05) is 13.7 Å². The van der Waals surface area contributed by atoms with Crippen LogP contribution in [0.3, 0.4) is 0 Å². The second kappa shape index (κ2) is 7.25. The minimum absolute atomic E-state index is 0.0417. The summed E-state index contributed by atoms with van der Waals surface area (Å²) < 4.78 is 4.56. The van der Waals surface area contributed by atoms with E-state index < -0.39 is 18.1 Å². The molecule has 0 aliphatic rings. The summed E-state index contributed by atoms with van der Waals surface area (Å²) in [6.07, 6.45) is -0.624. The van der Waals surface area contributed by atoms with Gasteiger partial charge in [-0.15, -0.1) is 11.3 Å². The summed E-state index contributed by atoms with van der Waals surface area (Å²) in [7, 11) is 1.28. The summed E-state index contributed by atoms with van der Waals surface area (Å²) in [4.78, 5) is 24.0. The number of ether oxygens (including phenoxy) is 1. The molecule has 0 aromatic carbocycles. The largest absolute Gasteiger partial charge is 0.469 e. The van der Waals surface area contributed by atoms with Crippen LogP contribution >= 0.6 is 11.3 Å². The molecule has 1 aromatic rings. The Morgan fingerprint density at radius 3 is 2.78 bits per heavy atom. The van der Waals surface area contributed by atoms with Gasteiger partial charge < -0.3 is 15.2 Å². The fraction of sp³-hybridized carbons (Fsp3) is 0.500. The van der Waals surface area contributed by atoms with Crippen LogP contribution in [0.2, 0.25) is 0 Å². The maximum atomic E-state index is 12.1. The monoisotopic (exact) mass is 271 g/mol. The molecule has 1 aromatic heterocycles. The molecule has 1 rings (SSSR count). The predicted octanol–water partition coefficient (Wildman–Crippen LogP) is 0.833. The van der Waals surface area contributed by atoms with E-state index in [1.165, 1.54) is 18.4 Å². The molecule has 2 unspecified atom stereocenters. The first-order valence-corrected chi connectivity index (χ1v) is 6.48. The van der Waals surface area contributed by atoms with Crippen LogP contribution in [0.15, 0.2) is 17.5 Å². The van der Waals surface area contributed by atoms with Crippen molar-refractivity contribution in [3.63, 3.8) is 0 Å². The summed E-state index contributed by atoms with van der Waals surface area (Å²) in [6, 6.07) is 2.83. The van der Waals surface area contributed by atoms with E-state index in [2.05, 4.69) is 10.1 Å². The highest BCUT2D eigenvalue weighted by Crippen LogP contribution is 2.13. The lowest BCUT2D eigenvalue weighted by Crippen LogP contribution is -2.41. The molecule has 2 atom stereocenters. The fourth-order valence-corrected chi connectivity index (χ4v) is 2.13. The standard InChI is InChI=1S/C12H17NO4S/c1-8(14)7-13-9(6-11(15)17-2)12(16)10-4-3-5-18-10/h3-5,8-9,13-14H,6-7H2,1-2H3. The van der Waals surface area contributed by atoms with Crippen LogP contribution in [-0.4, -0.2) is 42.7 Å². The molecule has 0 bridgehead atoms. The van der Waals surface area contributed by atoms with E-state index in [0.717, 1.165) is 0 Å². The SMILES string of the molecule is COC(=O)CC(NCC(C)O)C(=O)c1cccs1. The quantitative estimate of drug-likeness (QED) is 0.567. The second-order valence-electron chi connectivity index (χ2n) is 3.93. The highest BCUT2D eigenvalue weighted by Gasteiger charge is 2.24. The number of rotatable bonds is 7. The van der Waals surface area contributed by atoms with Crippen LogP contribution in [0.1, 0.15) is 23.0 Å². The number of esters is 1. The summed E-state index contributed by atoms with van der Waals surface area (Å²) in [5, 5.41) is 13.9. The second-order valence-corrected chi connectivity index (χ2v) is 4.88. The van der Waals surface area contributed by atoms with Crippen molar-refractivity contribution in [3.05, 3.63) is 22.4 Å². The van der Waals surface area contributed by atoms with Crippen LogP contribution in [0.4, 0.5) is 0 Å². The van der Waals surface area contributed by atoms with Gasteiger partial charge in [-0.05, 0) is 18.4 Å². The van der Waals surface area contributed by atoms with E-state index in [-0.39, 0.29) is 18.7 Å². The van der Waals surface area contributed by atoms with Crippen LogP contribution in [0, 0.1) is 0 Å². The van der Waals surface area contributed by atoms with Crippen LogP contribution in [0.25, 0.3) is 0 Å². The molecule has 0 amide bonds. The molecule has 0 radical (unpaired) electrons. The van der Waals surface area contributed by atoms with Crippen molar-refractivity contribution in [1.29, 1.82) is 0 Å². The number of Topliss-reactive ketones (excluding diaryl/α,β-unsaturated/α-hetero) is 1. The van der Waals surface area contributed by atoms with E-state index in [1.54, 1.807) is 24.4 Å². The summed E-state index contributed by atoms with van der Waals surface area (Å²) in [6.45, 7) is 1.86. The highest BCUT2D eigenvalue weighted by atomic mass is 32.1. The van der Waals surface area contributed by atoms with Crippen molar-refractivity contribution >= 4 is 23.1 Å². The van der Waals surface area contributed by atoms with Gasteiger partial charge in [0.05, 0.1) is 30.6 Å². The first-order chi connectivity index (χ1) is 8.54. The molecule has 0 spiro atoms. The normalized spacial score (nSPS) is 13.9. The molecule has 6 heteroatoms. The number of aliphatic hydroxyl groups excluding tert-OH is 1. The van der Waals surface area contributed by atoms with Gasteiger partial charge >= 0.3 is 5.97 Å². The smallest absolute Gasteiger partial charge is 0.307 e. The Kier molecular flexibility index (Phi) is 5.97. The van der Waals surface area contributed by atoms with E-state index in [1.807, 2.05) is 0 Å². The zero-order chi connectivity index (χ0) is 13.5. The van der Waals surface area contributed by atoms with Crippen molar-refractivity contribution in [2.45, 2.75) is 25.5 Å². The molecular formula is C12H17NO4S. The molecule has 2 N–H and O–H groups in total. The first kappa shape index (κ1) is 14.8. The fourth-order valence-electron chi connectivity index (χ4n) is 1.41. The van der Waals surface area contributed by atoms with Gasteiger partial charge in [-0.25, -0.2) is 0 Å². The van der Waals surface area contributed by atoms with Gasteiger partial charge in [0, 0.05) is 6.54 Å². The molecule has 100 valence electrons. The first-order valence-electron chi connectivity index (χ1n) is 5.60. The number of carbonyl (C=O) groups excluding carboxylic acids is 2. The number of carbonyl (C=O) groups is 2.